The van der Waals surface area contributed by atoms with Crippen LogP contribution in [0, 0.1) is 0 Å². The standard InChI is InChI=1S/C9H16ClNO2/c1-4-11(7-5-6-10)9(2,3)8(12)13/h5-6H,4,7H2,1-3H3,(H,12,13). The Morgan fingerprint density at radius 2 is 2.15 bits per heavy atom. The van der Waals surface area contributed by atoms with Crippen LogP contribution in [-0.2, 0) is 4.79 Å². The summed E-state index contributed by atoms with van der Waals surface area (Å²) in [6.45, 7) is 6.52. The van der Waals surface area contributed by atoms with Gasteiger partial charge >= 0.3 is 5.97 Å². The third-order valence-corrected chi connectivity index (χ3v) is 2.29. The summed E-state index contributed by atoms with van der Waals surface area (Å²) in [5.74, 6) is -0.822. The quantitative estimate of drug-likeness (QED) is 0.746. The van der Waals surface area contributed by atoms with Gasteiger partial charge in [0, 0.05) is 12.1 Å². The summed E-state index contributed by atoms with van der Waals surface area (Å²) >= 11 is 5.38. The molecule has 0 aromatic rings. The molecule has 0 saturated heterocycles. The summed E-state index contributed by atoms with van der Waals surface area (Å²) in [6, 6.07) is 0. The van der Waals surface area contributed by atoms with E-state index in [2.05, 4.69) is 0 Å². The molecule has 0 heterocycles. The molecule has 1 N–H and O–H groups in total. The van der Waals surface area contributed by atoms with Gasteiger partial charge in [-0.15, -0.1) is 0 Å². The van der Waals surface area contributed by atoms with Gasteiger partial charge in [-0.25, -0.2) is 0 Å². The number of hydrogen-bond acceptors (Lipinski definition) is 2. The van der Waals surface area contributed by atoms with Crippen LogP contribution in [0.5, 0.6) is 0 Å². The lowest BCUT2D eigenvalue weighted by Crippen LogP contribution is -2.50. The first-order valence-corrected chi connectivity index (χ1v) is 4.64. The third-order valence-electron chi connectivity index (χ3n) is 2.11. The van der Waals surface area contributed by atoms with Crippen molar-refractivity contribution in [3.05, 3.63) is 11.6 Å². The number of carboxylic acids is 1. The van der Waals surface area contributed by atoms with E-state index in [-0.39, 0.29) is 0 Å². The topological polar surface area (TPSA) is 40.5 Å². The molecule has 0 radical (unpaired) electrons. The smallest absolute Gasteiger partial charge is 0.323 e. The molecule has 3 nitrogen and oxygen atoms in total. The Morgan fingerprint density at radius 3 is 2.46 bits per heavy atom. The first kappa shape index (κ1) is 12.5. The molecule has 13 heavy (non-hydrogen) atoms. The van der Waals surface area contributed by atoms with Gasteiger partial charge in [0.05, 0.1) is 0 Å². The molecule has 0 unspecified atom stereocenters. The molecule has 4 heteroatoms. The number of nitrogens with zero attached hydrogens (tertiary/aromatic N) is 1. The van der Waals surface area contributed by atoms with Crippen LogP contribution in [-0.4, -0.2) is 34.6 Å². The molecule has 0 aromatic heterocycles. The van der Waals surface area contributed by atoms with Crippen LogP contribution >= 0.6 is 11.6 Å². The van der Waals surface area contributed by atoms with Gasteiger partial charge in [0.25, 0.3) is 0 Å². The highest BCUT2D eigenvalue weighted by Gasteiger charge is 2.32. The highest BCUT2D eigenvalue weighted by molar-refractivity contribution is 6.25. The molecule has 76 valence electrons. The highest BCUT2D eigenvalue weighted by Crippen LogP contribution is 2.13. The molecule has 0 aliphatic rings. The van der Waals surface area contributed by atoms with Crippen LogP contribution < -0.4 is 0 Å². The maximum atomic E-state index is 10.9. The van der Waals surface area contributed by atoms with Crippen LogP contribution in [0.25, 0.3) is 0 Å². The number of halogens is 1. The average Bonchev–Trinajstić information content (AvgIpc) is 2.05. The number of likely N-dealkylation sites (N-methyl/N-ethyl adjacent to an activating group) is 1. The first-order valence-electron chi connectivity index (χ1n) is 4.20. The fraction of sp³-hybridized carbons (Fsp3) is 0.667. The fourth-order valence-electron chi connectivity index (χ4n) is 1.05. The van der Waals surface area contributed by atoms with Crippen molar-refractivity contribution >= 4 is 17.6 Å². The summed E-state index contributed by atoms with van der Waals surface area (Å²) in [5.41, 5.74) is 0.561. The Labute approximate surface area is 84.0 Å². The summed E-state index contributed by atoms with van der Waals surface area (Å²) in [5, 5.41) is 8.94. The van der Waals surface area contributed by atoms with E-state index < -0.39 is 11.5 Å². The fourth-order valence-corrected chi connectivity index (χ4v) is 1.13. The van der Waals surface area contributed by atoms with Gasteiger partial charge in [0.1, 0.15) is 5.54 Å². The normalized spacial score (nSPS) is 12.7. The molecule has 0 fully saturated rings. The zero-order chi connectivity index (χ0) is 10.5. The zero-order valence-corrected chi connectivity index (χ0v) is 9.01. The van der Waals surface area contributed by atoms with Crippen LogP contribution in [0.15, 0.2) is 11.6 Å². The highest BCUT2D eigenvalue weighted by atomic mass is 35.5. The van der Waals surface area contributed by atoms with Crippen molar-refractivity contribution < 1.29 is 9.90 Å². The molecule has 0 aliphatic carbocycles. The Morgan fingerprint density at radius 1 is 1.62 bits per heavy atom. The van der Waals surface area contributed by atoms with Crippen molar-refractivity contribution in [2.24, 2.45) is 0 Å². The predicted octanol–water partition coefficient (Wildman–Crippen LogP) is 1.92. The van der Waals surface area contributed by atoms with Crippen molar-refractivity contribution in [2.75, 3.05) is 13.1 Å². The Hall–Kier alpha value is -0.540. The maximum absolute atomic E-state index is 10.9. The first-order chi connectivity index (χ1) is 5.96. The van der Waals surface area contributed by atoms with Gasteiger partial charge in [0.2, 0.25) is 0 Å². The van der Waals surface area contributed by atoms with Gasteiger partial charge in [-0.2, -0.15) is 0 Å². The molecule has 0 rings (SSSR count). The number of carboxylic acid groups (broad SMARTS) is 1. The Bertz CT molecular complexity index is 202. The Kier molecular flexibility index (Phi) is 5.03. The minimum absolute atomic E-state index is 0.555. The Balaban J connectivity index is 4.46. The summed E-state index contributed by atoms with van der Waals surface area (Å²) in [7, 11) is 0. The molecular weight excluding hydrogens is 190 g/mol. The van der Waals surface area contributed by atoms with Crippen molar-refractivity contribution in [3.8, 4) is 0 Å². The van der Waals surface area contributed by atoms with E-state index in [1.807, 2.05) is 11.8 Å². The van der Waals surface area contributed by atoms with Crippen LogP contribution in [0.4, 0.5) is 0 Å². The molecule has 0 bridgehead atoms. The zero-order valence-electron chi connectivity index (χ0n) is 8.25. The second kappa shape index (κ2) is 5.25. The lowest BCUT2D eigenvalue weighted by molar-refractivity contribution is -0.148. The molecule has 0 atom stereocenters. The van der Waals surface area contributed by atoms with E-state index in [1.165, 1.54) is 5.54 Å². The van der Waals surface area contributed by atoms with Gasteiger partial charge in [-0.05, 0) is 20.4 Å². The second-order valence-electron chi connectivity index (χ2n) is 3.26. The molecular formula is C9H16ClNO2. The molecule has 0 spiro atoms. The summed E-state index contributed by atoms with van der Waals surface area (Å²) < 4.78 is 0. The largest absolute Gasteiger partial charge is 0.480 e. The number of aliphatic carboxylic acids is 1. The van der Waals surface area contributed by atoms with Gasteiger partial charge < -0.3 is 5.11 Å². The van der Waals surface area contributed by atoms with E-state index in [9.17, 15) is 4.79 Å². The van der Waals surface area contributed by atoms with Crippen molar-refractivity contribution in [1.82, 2.24) is 4.90 Å². The summed E-state index contributed by atoms with van der Waals surface area (Å²) in [6.07, 6.45) is 1.73. The minimum atomic E-state index is -0.842. The van der Waals surface area contributed by atoms with Crippen LogP contribution in [0.3, 0.4) is 0 Å². The molecule has 0 aromatic carbocycles. The number of rotatable bonds is 5. The number of carbonyl (C=O) groups is 1. The SMILES string of the molecule is CCN(CC=CCl)C(C)(C)C(=O)O. The van der Waals surface area contributed by atoms with Crippen molar-refractivity contribution in [2.45, 2.75) is 26.3 Å². The average molecular weight is 206 g/mol. The van der Waals surface area contributed by atoms with E-state index in [0.29, 0.717) is 13.1 Å². The third kappa shape index (κ3) is 3.36. The monoisotopic (exact) mass is 205 g/mol. The molecule has 0 aliphatic heterocycles. The molecule has 0 saturated carbocycles. The maximum Gasteiger partial charge on any atom is 0.323 e. The molecule has 0 amide bonds. The van der Waals surface area contributed by atoms with Crippen molar-refractivity contribution in [1.29, 1.82) is 0 Å². The van der Waals surface area contributed by atoms with Crippen molar-refractivity contribution in [3.63, 3.8) is 0 Å². The predicted molar refractivity (Wildman–Crippen MR) is 54.0 cm³/mol. The van der Waals surface area contributed by atoms with Gasteiger partial charge in [-0.3, -0.25) is 9.69 Å². The van der Waals surface area contributed by atoms with E-state index >= 15 is 0 Å². The second-order valence-corrected chi connectivity index (χ2v) is 3.52. The summed E-state index contributed by atoms with van der Waals surface area (Å²) in [4.78, 5) is 12.7. The minimum Gasteiger partial charge on any atom is -0.480 e. The van der Waals surface area contributed by atoms with E-state index in [4.69, 9.17) is 16.7 Å². The van der Waals surface area contributed by atoms with Gasteiger partial charge in [0.15, 0.2) is 0 Å². The number of hydrogen-bond donors (Lipinski definition) is 1. The lowest BCUT2D eigenvalue weighted by atomic mass is 10.0. The van der Waals surface area contributed by atoms with Crippen LogP contribution in [0.1, 0.15) is 20.8 Å². The van der Waals surface area contributed by atoms with E-state index in [0.717, 1.165) is 0 Å². The van der Waals surface area contributed by atoms with Crippen LogP contribution in [0.2, 0.25) is 0 Å². The van der Waals surface area contributed by atoms with Gasteiger partial charge in [-0.1, -0.05) is 24.6 Å². The van der Waals surface area contributed by atoms with E-state index in [1.54, 1.807) is 19.9 Å². The lowest BCUT2D eigenvalue weighted by Gasteiger charge is -2.33.